The van der Waals surface area contributed by atoms with Gasteiger partial charge in [0.1, 0.15) is 0 Å². The average molecular weight is 310 g/mol. The molecule has 1 unspecified atom stereocenters. The highest BCUT2D eigenvalue weighted by Crippen LogP contribution is 2.30. The minimum Gasteiger partial charge on any atom is -0.478 e. The van der Waals surface area contributed by atoms with Crippen LogP contribution in [0.15, 0.2) is 11.1 Å². The van der Waals surface area contributed by atoms with Crippen LogP contribution in [0.25, 0.3) is 0 Å². The van der Waals surface area contributed by atoms with Crippen molar-refractivity contribution in [3.8, 4) is 0 Å². The molecule has 2 N–H and O–H groups in total. The highest BCUT2D eigenvalue weighted by molar-refractivity contribution is 5.98. The van der Waals surface area contributed by atoms with Gasteiger partial charge >= 0.3 is 18.1 Å². The molecule has 0 aliphatic rings. The fourth-order valence-electron chi connectivity index (χ4n) is 2.08. The molecule has 0 bridgehead atoms. The lowest BCUT2D eigenvalue weighted by Gasteiger charge is -2.17. The maximum absolute atomic E-state index is 12.4. The van der Waals surface area contributed by atoms with Gasteiger partial charge in [0.2, 0.25) is 0 Å². The molecule has 0 aromatic rings. The predicted molar refractivity (Wildman–Crippen MR) is 70.9 cm³/mol. The van der Waals surface area contributed by atoms with E-state index in [1.54, 1.807) is 0 Å². The van der Waals surface area contributed by atoms with E-state index in [-0.39, 0.29) is 12.3 Å². The molecule has 0 aliphatic carbocycles. The summed E-state index contributed by atoms with van der Waals surface area (Å²) < 4.78 is 37.3. The Morgan fingerprint density at radius 1 is 1.05 bits per heavy atom. The van der Waals surface area contributed by atoms with E-state index in [2.05, 4.69) is 0 Å². The van der Waals surface area contributed by atoms with Gasteiger partial charge in [-0.05, 0) is 12.3 Å². The lowest BCUT2D eigenvalue weighted by Crippen LogP contribution is -2.20. The number of rotatable bonds is 9. The number of carboxylic acids is 2. The van der Waals surface area contributed by atoms with Crippen LogP contribution < -0.4 is 0 Å². The lowest BCUT2D eigenvalue weighted by atomic mass is 9.89. The highest BCUT2D eigenvalue weighted by atomic mass is 19.4. The Balaban J connectivity index is 5.41. The van der Waals surface area contributed by atoms with Crippen molar-refractivity contribution in [2.24, 2.45) is 5.92 Å². The molecule has 0 aromatic carbocycles. The summed E-state index contributed by atoms with van der Waals surface area (Å²) in [6.07, 6.45) is -3.65. The summed E-state index contributed by atoms with van der Waals surface area (Å²) >= 11 is 0. The zero-order valence-electron chi connectivity index (χ0n) is 12.2. The van der Waals surface area contributed by atoms with Crippen LogP contribution in [0.5, 0.6) is 0 Å². The first-order chi connectivity index (χ1) is 9.62. The Bertz CT molecular complexity index is 400. The molecule has 0 radical (unpaired) electrons. The Kier molecular flexibility index (Phi) is 8.06. The van der Waals surface area contributed by atoms with Gasteiger partial charge in [-0.15, -0.1) is 0 Å². The summed E-state index contributed by atoms with van der Waals surface area (Å²) in [6, 6.07) is 0. The fourth-order valence-corrected chi connectivity index (χ4v) is 2.08. The molecule has 0 rings (SSSR count). The molecule has 0 amide bonds. The van der Waals surface area contributed by atoms with Crippen LogP contribution in [0, 0.1) is 5.92 Å². The number of hydrogen-bond acceptors (Lipinski definition) is 2. The SMILES string of the molecule is CCCCC(CC)C/C(C(=O)O)=C(/CC(F)(F)F)C(=O)O. The molecule has 0 aromatic heterocycles. The quantitative estimate of drug-likeness (QED) is 0.631. The standard InChI is InChI=1S/C14H21F3O4/c1-3-5-6-9(4-2)7-10(12(18)19)11(13(20)21)8-14(15,16)17/h9H,3-8H2,1-2H3,(H,18,19)(H,20,21)/b11-10+. The molecule has 0 spiro atoms. The topological polar surface area (TPSA) is 74.6 Å². The van der Waals surface area contributed by atoms with Crippen LogP contribution in [0.2, 0.25) is 0 Å². The van der Waals surface area contributed by atoms with E-state index in [1.807, 2.05) is 13.8 Å². The van der Waals surface area contributed by atoms with Crippen LogP contribution in [0.3, 0.4) is 0 Å². The van der Waals surface area contributed by atoms with Crippen molar-refractivity contribution < 1.29 is 33.0 Å². The highest BCUT2D eigenvalue weighted by Gasteiger charge is 2.35. The summed E-state index contributed by atoms with van der Waals surface area (Å²) in [4.78, 5) is 22.2. The van der Waals surface area contributed by atoms with Crippen molar-refractivity contribution in [1.29, 1.82) is 0 Å². The maximum Gasteiger partial charge on any atom is 0.393 e. The smallest absolute Gasteiger partial charge is 0.393 e. The second-order valence-corrected chi connectivity index (χ2v) is 4.98. The molecule has 21 heavy (non-hydrogen) atoms. The van der Waals surface area contributed by atoms with Gasteiger partial charge in [0, 0.05) is 5.57 Å². The summed E-state index contributed by atoms with van der Waals surface area (Å²) in [5.74, 6) is -3.54. The van der Waals surface area contributed by atoms with Crippen molar-refractivity contribution in [1.82, 2.24) is 0 Å². The van der Waals surface area contributed by atoms with Gasteiger partial charge < -0.3 is 10.2 Å². The van der Waals surface area contributed by atoms with Crippen LogP contribution in [0.1, 0.15) is 52.4 Å². The minimum absolute atomic E-state index is 0.126. The molecule has 7 heteroatoms. The largest absolute Gasteiger partial charge is 0.478 e. The first-order valence-electron chi connectivity index (χ1n) is 6.87. The normalized spacial score (nSPS) is 14.5. The van der Waals surface area contributed by atoms with Gasteiger partial charge in [-0.2, -0.15) is 13.2 Å². The van der Waals surface area contributed by atoms with Gasteiger partial charge in [0.05, 0.1) is 12.0 Å². The van der Waals surface area contributed by atoms with E-state index < -0.39 is 35.7 Å². The van der Waals surface area contributed by atoms with Crippen molar-refractivity contribution >= 4 is 11.9 Å². The molecular weight excluding hydrogens is 289 g/mol. The number of carboxylic acid groups (broad SMARTS) is 2. The van der Waals surface area contributed by atoms with Gasteiger partial charge in [-0.1, -0.05) is 39.5 Å². The van der Waals surface area contributed by atoms with E-state index in [0.717, 1.165) is 12.8 Å². The number of halogens is 3. The molecule has 0 aliphatic heterocycles. The van der Waals surface area contributed by atoms with Gasteiger partial charge in [0.15, 0.2) is 0 Å². The zero-order valence-corrected chi connectivity index (χ0v) is 12.2. The summed E-state index contributed by atoms with van der Waals surface area (Å²) in [5.41, 5.74) is -1.70. The summed E-state index contributed by atoms with van der Waals surface area (Å²) in [7, 11) is 0. The number of unbranched alkanes of at least 4 members (excludes halogenated alkanes) is 1. The van der Waals surface area contributed by atoms with Crippen molar-refractivity contribution in [3.05, 3.63) is 11.1 Å². The molecule has 0 fully saturated rings. The molecule has 0 saturated carbocycles. The van der Waals surface area contributed by atoms with Crippen molar-refractivity contribution in [2.75, 3.05) is 0 Å². The number of carbonyl (C=O) groups is 2. The van der Waals surface area contributed by atoms with Gasteiger partial charge in [-0.3, -0.25) is 0 Å². The molecule has 4 nitrogen and oxygen atoms in total. The van der Waals surface area contributed by atoms with Crippen LogP contribution in [-0.4, -0.2) is 28.3 Å². The van der Waals surface area contributed by atoms with Crippen LogP contribution in [0.4, 0.5) is 13.2 Å². The first kappa shape index (κ1) is 19.5. The average Bonchev–Trinajstić information content (AvgIpc) is 2.35. The second-order valence-electron chi connectivity index (χ2n) is 4.98. The van der Waals surface area contributed by atoms with E-state index in [0.29, 0.717) is 12.8 Å². The Morgan fingerprint density at radius 3 is 1.90 bits per heavy atom. The molecule has 1 atom stereocenters. The number of hydrogen-bond donors (Lipinski definition) is 2. The third-order valence-electron chi connectivity index (χ3n) is 3.29. The molecular formula is C14H21F3O4. The predicted octanol–water partition coefficient (Wildman–Crippen LogP) is 4.01. The zero-order chi connectivity index (χ0) is 16.6. The minimum atomic E-state index is -4.75. The monoisotopic (exact) mass is 310 g/mol. The van der Waals surface area contributed by atoms with Gasteiger partial charge in [0.25, 0.3) is 0 Å². The number of aliphatic carboxylic acids is 2. The third kappa shape index (κ3) is 7.72. The van der Waals surface area contributed by atoms with Gasteiger partial charge in [-0.25, -0.2) is 9.59 Å². The summed E-state index contributed by atoms with van der Waals surface area (Å²) in [6.45, 7) is 3.76. The molecule has 0 heterocycles. The van der Waals surface area contributed by atoms with E-state index in [4.69, 9.17) is 10.2 Å². The Hall–Kier alpha value is -1.53. The van der Waals surface area contributed by atoms with E-state index in [1.165, 1.54) is 0 Å². The van der Waals surface area contributed by atoms with Crippen molar-refractivity contribution in [3.63, 3.8) is 0 Å². The fraction of sp³-hybridized carbons (Fsp3) is 0.714. The molecule has 122 valence electrons. The second kappa shape index (κ2) is 8.69. The van der Waals surface area contributed by atoms with E-state index >= 15 is 0 Å². The Morgan fingerprint density at radius 2 is 1.57 bits per heavy atom. The summed E-state index contributed by atoms with van der Waals surface area (Å²) in [5, 5.41) is 18.0. The molecule has 0 saturated heterocycles. The van der Waals surface area contributed by atoms with Crippen molar-refractivity contribution in [2.45, 2.75) is 58.5 Å². The lowest BCUT2D eigenvalue weighted by molar-refractivity contribution is -0.144. The van der Waals surface area contributed by atoms with Crippen LogP contribution >= 0.6 is 0 Å². The van der Waals surface area contributed by atoms with Crippen LogP contribution in [-0.2, 0) is 9.59 Å². The first-order valence-corrected chi connectivity index (χ1v) is 6.87. The number of alkyl halides is 3. The third-order valence-corrected chi connectivity index (χ3v) is 3.29. The van der Waals surface area contributed by atoms with E-state index in [9.17, 15) is 22.8 Å². The maximum atomic E-state index is 12.4. The Labute approximate surface area is 121 Å².